The van der Waals surface area contributed by atoms with Crippen molar-refractivity contribution in [2.75, 3.05) is 12.9 Å². The van der Waals surface area contributed by atoms with Crippen LogP contribution in [0.1, 0.15) is 11.4 Å². The molecule has 0 aliphatic rings. The summed E-state index contributed by atoms with van der Waals surface area (Å²) in [5, 5.41) is 10.5. The molecule has 5 aromatic rings. The molecule has 0 saturated heterocycles. The average molecular weight is 484 g/mol. The first-order valence-corrected chi connectivity index (χ1v) is 12.4. The molecule has 0 fully saturated rings. The van der Waals surface area contributed by atoms with E-state index in [0.29, 0.717) is 28.9 Å². The Hall–Kier alpha value is -3.91. The Morgan fingerprint density at radius 2 is 1.69 bits per heavy atom. The van der Waals surface area contributed by atoms with Crippen molar-refractivity contribution in [3.05, 3.63) is 101 Å². The van der Waals surface area contributed by atoms with Gasteiger partial charge in [-0.2, -0.15) is 0 Å². The van der Waals surface area contributed by atoms with Crippen molar-refractivity contribution < 1.29 is 4.74 Å². The van der Waals surface area contributed by atoms with E-state index in [4.69, 9.17) is 4.74 Å². The Labute approximate surface area is 207 Å². The number of hydrogen-bond donors (Lipinski definition) is 1. The van der Waals surface area contributed by atoms with Crippen LogP contribution in [-0.4, -0.2) is 37.6 Å². The molecule has 2 aromatic heterocycles. The number of ether oxygens (including phenoxy) is 1. The predicted molar refractivity (Wildman–Crippen MR) is 139 cm³/mol. The molecule has 5 rings (SSSR count). The number of aryl methyl sites for hydroxylation is 2. The van der Waals surface area contributed by atoms with Crippen molar-refractivity contribution in [3.63, 3.8) is 0 Å². The molecule has 35 heavy (non-hydrogen) atoms. The highest BCUT2D eigenvalue weighted by Gasteiger charge is 2.15. The van der Waals surface area contributed by atoms with Crippen molar-refractivity contribution in [1.29, 1.82) is 0 Å². The highest BCUT2D eigenvalue weighted by Crippen LogP contribution is 2.26. The number of fused-ring (bicyclic) bond motifs is 1. The van der Waals surface area contributed by atoms with Crippen LogP contribution in [0.4, 0.5) is 0 Å². The van der Waals surface area contributed by atoms with Gasteiger partial charge in [-0.05, 0) is 48.4 Å². The Morgan fingerprint density at radius 3 is 2.49 bits per heavy atom. The molecule has 1 N–H and O–H groups in total. The second-order valence-corrected chi connectivity index (χ2v) is 9.11. The number of H-pyrrole nitrogens is 1. The number of para-hydroxylation sites is 1. The van der Waals surface area contributed by atoms with E-state index in [1.54, 1.807) is 24.9 Å². The van der Waals surface area contributed by atoms with Crippen LogP contribution in [0.3, 0.4) is 0 Å². The summed E-state index contributed by atoms with van der Waals surface area (Å²) < 4.78 is 7.46. The lowest BCUT2D eigenvalue weighted by Gasteiger charge is -2.11. The molecule has 0 atom stereocenters. The van der Waals surface area contributed by atoms with Crippen LogP contribution in [0.2, 0.25) is 0 Å². The summed E-state index contributed by atoms with van der Waals surface area (Å²) in [5.74, 6) is 3.01. The van der Waals surface area contributed by atoms with E-state index in [9.17, 15) is 4.79 Å². The van der Waals surface area contributed by atoms with Gasteiger partial charge < -0.3 is 14.3 Å². The summed E-state index contributed by atoms with van der Waals surface area (Å²) in [4.78, 5) is 19.9. The summed E-state index contributed by atoms with van der Waals surface area (Å²) in [7, 11) is 1.66. The summed E-state index contributed by atoms with van der Waals surface area (Å²) in [6.07, 6.45) is 1.49. The number of thioether (sulfide) groups is 1. The zero-order valence-electron chi connectivity index (χ0n) is 19.3. The fraction of sp³-hybridized carbons (Fsp3) is 0.185. The van der Waals surface area contributed by atoms with Crippen LogP contribution < -0.4 is 10.3 Å². The van der Waals surface area contributed by atoms with Gasteiger partial charge in [0.05, 0.1) is 18.0 Å². The molecule has 176 valence electrons. The van der Waals surface area contributed by atoms with E-state index in [-0.39, 0.29) is 5.56 Å². The number of aromatic nitrogens is 5. The third-order valence-corrected chi connectivity index (χ3v) is 6.73. The van der Waals surface area contributed by atoms with E-state index >= 15 is 0 Å². The van der Waals surface area contributed by atoms with Crippen molar-refractivity contribution >= 4 is 22.7 Å². The zero-order valence-corrected chi connectivity index (χ0v) is 20.2. The largest absolute Gasteiger partial charge is 0.497 e. The van der Waals surface area contributed by atoms with Crippen LogP contribution in [0.5, 0.6) is 5.75 Å². The number of benzene rings is 3. The summed E-state index contributed by atoms with van der Waals surface area (Å²) in [5.41, 5.74) is 2.85. The average Bonchev–Trinajstić information content (AvgIpc) is 3.31. The van der Waals surface area contributed by atoms with Gasteiger partial charge in [0.1, 0.15) is 11.6 Å². The van der Waals surface area contributed by atoms with Crippen molar-refractivity contribution in [1.82, 2.24) is 24.7 Å². The van der Waals surface area contributed by atoms with Crippen molar-refractivity contribution in [3.8, 4) is 17.1 Å². The van der Waals surface area contributed by atoms with Gasteiger partial charge in [0.2, 0.25) is 0 Å². The smallest absolute Gasteiger partial charge is 0.258 e. The molecule has 0 radical (unpaired) electrons. The van der Waals surface area contributed by atoms with Crippen molar-refractivity contribution in [2.45, 2.75) is 24.5 Å². The van der Waals surface area contributed by atoms with Gasteiger partial charge in [0.15, 0.2) is 11.0 Å². The highest BCUT2D eigenvalue weighted by atomic mass is 32.2. The lowest BCUT2D eigenvalue weighted by molar-refractivity contribution is 0.415. The minimum Gasteiger partial charge on any atom is -0.497 e. The summed E-state index contributed by atoms with van der Waals surface area (Å²) >= 11 is 1.61. The third-order valence-electron chi connectivity index (χ3n) is 5.76. The minimum absolute atomic E-state index is 0.108. The lowest BCUT2D eigenvalue weighted by atomic mass is 10.1. The van der Waals surface area contributed by atoms with Crippen LogP contribution in [0.15, 0.2) is 88.8 Å². The third kappa shape index (κ3) is 5.27. The Bertz CT molecular complexity index is 1480. The van der Waals surface area contributed by atoms with Gasteiger partial charge in [-0.25, -0.2) is 4.98 Å². The van der Waals surface area contributed by atoms with E-state index in [0.717, 1.165) is 35.3 Å². The van der Waals surface area contributed by atoms with Gasteiger partial charge in [0.25, 0.3) is 5.56 Å². The number of hydrogen-bond acceptors (Lipinski definition) is 6. The first kappa shape index (κ1) is 22.9. The normalized spacial score (nSPS) is 11.1. The maximum absolute atomic E-state index is 12.4. The predicted octanol–water partition coefficient (Wildman–Crippen LogP) is 4.77. The number of aromatic amines is 1. The van der Waals surface area contributed by atoms with Crippen LogP contribution >= 0.6 is 11.8 Å². The number of rotatable bonds is 9. The van der Waals surface area contributed by atoms with Gasteiger partial charge in [-0.15, -0.1) is 10.2 Å². The van der Waals surface area contributed by atoms with E-state index in [1.165, 1.54) is 5.56 Å². The highest BCUT2D eigenvalue weighted by molar-refractivity contribution is 7.99. The molecule has 0 spiro atoms. The standard InChI is InChI=1S/C27H25N5O2S/c1-34-21-13-11-20(12-14-21)25-30-31-27(32(25)17-15-19-7-3-2-4-8-19)35-18-16-24-28-23-10-6-5-9-22(23)26(33)29-24/h2-14H,15-18H2,1H3,(H,28,29,33). The maximum atomic E-state index is 12.4. The summed E-state index contributed by atoms with van der Waals surface area (Å²) in [6, 6.07) is 25.6. The molecular weight excluding hydrogens is 458 g/mol. The Balaban J connectivity index is 1.36. The molecule has 2 heterocycles. The molecule has 3 aromatic carbocycles. The quantitative estimate of drug-likeness (QED) is 0.304. The first-order valence-electron chi connectivity index (χ1n) is 11.4. The van der Waals surface area contributed by atoms with Crippen LogP contribution in [-0.2, 0) is 19.4 Å². The topological polar surface area (TPSA) is 85.7 Å². The SMILES string of the molecule is COc1ccc(-c2nnc(SCCc3nc4ccccc4c(=O)[nH]3)n2CCc2ccccc2)cc1. The lowest BCUT2D eigenvalue weighted by Crippen LogP contribution is -2.12. The molecule has 0 aliphatic heterocycles. The molecule has 0 amide bonds. The van der Waals surface area contributed by atoms with Gasteiger partial charge in [-0.3, -0.25) is 4.79 Å². The van der Waals surface area contributed by atoms with Gasteiger partial charge >= 0.3 is 0 Å². The Morgan fingerprint density at radius 1 is 0.914 bits per heavy atom. The molecule has 0 aliphatic carbocycles. The number of nitrogens with zero attached hydrogens (tertiary/aromatic N) is 4. The first-order chi connectivity index (χ1) is 17.2. The fourth-order valence-electron chi connectivity index (χ4n) is 3.93. The Kier molecular flexibility index (Phi) is 6.90. The van der Waals surface area contributed by atoms with E-state index in [2.05, 4.69) is 49.0 Å². The molecule has 0 unspecified atom stereocenters. The van der Waals surface area contributed by atoms with Crippen LogP contribution in [0, 0.1) is 0 Å². The number of nitrogens with one attached hydrogen (secondary N) is 1. The molecule has 0 bridgehead atoms. The van der Waals surface area contributed by atoms with E-state index in [1.807, 2.05) is 48.5 Å². The molecular formula is C27H25N5O2S. The van der Waals surface area contributed by atoms with E-state index < -0.39 is 0 Å². The molecule has 7 nitrogen and oxygen atoms in total. The zero-order chi connectivity index (χ0) is 24.0. The van der Waals surface area contributed by atoms with Crippen molar-refractivity contribution in [2.24, 2.45) is 0 Å². The van der Waals surface area contributed by atoms with Crippen LogP contribution in [0.25, 0.3) is 22.3 Å². The fourth-order valence-corrected chi connectivity index (χ4v) is 4.84. The number of methoxy groups -OCH3 is 1. The molecule has 0 saturated carbocycles. The van der Waals surface area contributed by atoms with Gasteiger partial charge in [0, 0.05) is 24.3 Å². The van der Waals surface area contributed by atoms with Gasteiger partial charge in [-0.1, -0.05) is 54.2 Å². The summed E-state index contributed by atoms with van der Waals surface area (Å²) in [6.45, 7) is 0.756. The monoisotopic (exact) mass is 483 g/mol. The molecule has 8 heteroatoms. The second kappa shape index (κ2) is 10.6. The minimum atomic E-state index is -0.108. The maximum Gasteiger partial charge on any atom is 0.258 e. The second-order valence-electron chi connectivity index (χ2n) is 8.05.